The minimum Gasteiger partial charge on any atom is -0.0880 e. The molecule has 46 valence electrons. The van der Waals surface area contributed by atoms with Gasteiger partial charge in [0.25, 0.3) is 0 Å². The molecule has 0 fully saturated rings. The third-order valence-corrected chi connectivity index (χ3v) is 7.89. The molecule has 0 nitrogen and oxygen atoms in total. The van der Waals surface area contributed by atoms with Gasteiger partial charge in [0.15, 0.2) is 0 Å². The van der Waals surface area contributed by atoms with Gasteiger partial charge in [0.2, 0.25) is 0 Å². The van der Waals surface area contributed by atoms with E-state index in [1.165, 1.54) is 5.75 Å². The van der Waals surface area contributed by atoms with Gasteiger partial charge in [-0.05, 0) is 69.4 Å². The van der Waals surface area contributed by atoms with Crippen molar-refractivity contribution in [3.8, 4) is 0 Å². The normalized spacial score (nSPS) is 18.0. The molecule has 0 rings (SSSR count). The average molecular weight is 474 g/mol. The van der Waals surface area contributed by atoms with Gasteiger partial charge < -0.3 is 0 Å². The predicted octanol–water partition coefficient (Wildman–Crippen LogP) is 3.80. The maximum Gasteiger partial charge on any atom is -0.00162 e. The highest BCUT2D eigenvalue weighted by atomic mass is 127. The SMILES string of the molecule is CCS(=P)(I)(I)I. The van der Waals surface area contributed by atoms with Crippen molar-refractivity contribution in [1.29, 1.82) is 0 Å². The van der Waals surface area contributed by atoms with Crippen molar-refractivity contribution in [2.24, 2.45) is 0 Å². The molecule has 0 heterocycles. The van der Waals surface area contributed by atoms with Gasteiger partial charge in [-0.3, -0.25) is 0 Å². The molecule has 0 radical (unpaired) electrons. The summed E-state index contributed by atoms with van der Waals surface area (Å²) in [7, 11) is 3.70. The van der Waals surface area contributed by atoms with E-state index in [0.717, 1.165) is 0 Å². The van der Waals surface area contributed by atoms with Crippen LogP contribution in [0, 0.1) is 0 Å². The van der Waals surface area contributed by atoms with Crippen LogP contribution in [-0.2, 0) is -0.147 Å². The van der Waals surface area contributed by atoms with E-state index in [9.17, 15) is 0 Å². The minimum absolute atomic E-state index is 1.15. The Kier molecular flexibility index (Phi) is 3.99. The fourth-order valence-corrected chi connectivity index (χ4v) is 0. The third kappa shape index (κ3) is 8.84. The molecule has 0 atom stereocenters. The fourth-order valence-electron chi connectivity index (χ4n) is 0. The zero-order valence-electron chi connectivity index (χ0n) is 3.75. The molecule has 0 aromatic heterocycles. The molecule has 0 saturated heterocycles. The Hall–Kier alpha value is 2.84. The van der Waals surface area contributed by atoms with Crippen LogP contribution in [0.5, 0.6) is 0 Å². The lowest BCUT2D eigenvalue weighted by atomic mass is 11.0. The summed E-state index contributed by atoms with van der Waals surface area (Å²) in [6.07, 6.45) is 0. The van der Waals surface area contributed by atoms with Crippen molar-refractivity contribution in [1.82, 2.24) is 0 Å². The van der Waals surface area contributed by atoms with Crippen LogP contribution in [-0.4, -0.2) is 5.75 Å². The molecule has 7 heavy (non-hydrogen) atoms. The van der Waals surface area contributed by atoms with Crippen molar-refractivity contribution in [2.45, 2.75) is 6.92 Å². The molecule has 0 unspecified atom stereocenters. The molecular formula is C2H6I3PS. The van der Waals surface area contributed by atoms with Gasteiger partial charge in [-0.1, -0.05) is 14.8 Å². The molecule has 0 aliphatic carbocycles. The lowest BCUT2D eigenvalue weighted by Crippen LogP contribution is -1.98. The first-order valence-electron chi connectivity index (χ1n) is 1.66. The standard InChI is InChI=1S/C2H6I3PS/c1-2-7(3,4,5)6/h6H,2H2,1H3. The molecule has 0 spiro atoms. The summed E-state index contributed by atoms with van der Waals surface area (Å²) in [4.78, 5) is 0. The molecule has 0 saturated carbocycles. The number of hydrogen-bond donors (Lipinski definition) is 0. The van der Waals surface area contributed by atoms with E-state index in [2.05, 4.69) is 78.6 Å². The van der Waals surface area contributed by atoms with Crippen molar-refractivity contribution < 1.29 is 0 Å². The Morgan fingerprint density at radius 1 is 1.43 bits per heavy atom. The molecule has 0 bridgehead atoms. The Labute approximate surface area is 82.5 Å². The molecule has 0 amide bonds. The topological polar surface area (TPSA) is 0 Å². The molecule has 0 aromatic carbocycles. The van der Waals surface area contributed by atoms with E-state index < -0.39 is -0.147 Å². The van der Waals surface area contributed by atoms with Crippen LogP contribution < -0.4 is 0 Å². The summed E-state index contributed by atoms with van der Waals surface area (Å²) in [6.45, 7) is 2.19. The van der Waals surface area contributed by atoms with Crippen LogP contribution >= 0.6 is 71.6 Å². The van der Waals surface area contributed by atoms with Crippen LogP contribution in [0.25, 0.3) is 0 Å². The second-order valence-corrected chi connectivity index (χ2v) is 46.3. The van der Waals surface area contributed by atoms with Gasteiger partial charge >= 0.3 is 0 Å². The van der Waals surface area contributed by atoms with Gasteiger partial charge in [0, 0.05) is 0 Å². The lowest BCUT2D eigenvalue weighted by Gasteiger charge is -2.23. The molecule has 0 N–H and O–H groups in total. The van der Waals surface area contributed by atoms with Gasteiger partial charge in [0.05, 0.1) is 0 Å². The monoisotopic (exact) mass is 474 g/mol. The summed E-state index contributed by atoms with van der Waals surface area (Å²) < 4.78 is -1.15. The first-order chi connectivity index (χ1) is 2.81. The summed E-state index contributed by atoms with van der Waals surface area (Å²) in [5.41, 5.74) is 0. The molecule has 0 aromatic rings. The quantitative estimate of drug-likeness (QED) is 0.401. The fraction of sp³-hybridized carbons (Fsp3) is 1.00. The summed E-state index contributed by atoms with van der Waals surface area (Å²) in [6, 6.07) is 0. The van der Waals surface area contributed by atoms with Crippen molar-refractivity contribution in [2.75, 3.05) is 5.75 Å². The average Bonchev–Trinajstić information content (AvgIpc) is 1.32. The van der Waals surface area contributed by atoms with Crippen LogP contribution in [0.1, 0.15) is 6.92 Å². The highest BCUT2D eigenvalue weighted by Crippen LogP contribution is 2.54. The van der Waals surface area contributed by atoms with Crippen molar-refractivity contribution in [3.63, 3.8) is 0 Å². The van der Waals surface area contributed by atoms with E-state index in [1.807, 2.05) is 0 Å². The van der Waals surface area contributed by atoms with Crippen LogP contribution in [0.15, 0.2) is 0 Å². The molecule has 0 aliphatic heterocycles. The van der Waals surface area contributed by atoms with Crippen molar-refractivity contribution in [3.05, 3.63) is 0 Å². The number of rotatable bonds is 1. The van der Waals surface area contributed by atoms with E-state index in [1.54, 1.807) is 0 Å². The van der Waals surface area contributed by atoms with Gasteiger partial charge in [0.1, 0.15) is 0 Å². The summed E-state index contributed by atoms with van der Waals surface area (Å²) in [5, 5.41) is 0. The summed E-state index contributed by atoms with van der Waals surface area (Å²) >= 11 is 7.41. The molecule has 0 aliphatic rings. The predicted molar refractivity (Wildman–Crippen MR) is 68.3 cm³/mol. The van der Waals surface area contributed by atoms with Crippen LogP contribution in [0.4, 0.5) is 0 Å². The van der Waals surface area contributed by atoms with Crippen LogP contribution in [0.2, 0.25) is 0 Å². The van der Waals surface area contributed by atoms with E-state index in [-0.39, 0.29) is 0 Å². The Balaban J connectivity index is 4.14. The lowest BCUT2D eigenvalue weighted by molar-refractivity contribution is 1.54. The summed E-state index contributed by atoms with van der Waals surface area (Å²) in [5.74, 6) is 1.22. The maximum atomic E-state index is 3.70. The second kappa shape index (κ2) is 2.84. The van der Waals surface area contributed by atoms with Gasteiger partial charge in [-0.15, -0.1) is 0 Å². The highest BCUT2D eigenvalue weighted by molar-refractivity contribution is 14.5. The number of halogens is 3. The maximum absolute atomic E-state index is 3.70. The zero-order valence-corrected chi connectivity index (χ0v) is 12.0. The minimum atomic E-state index is -1.15. The van der Waals surface area contributed by atoms with Gasteiger partial charge in [-0.25, -0.2) is 0 Å². The zero-order chi connectivity index (χ0) is 6.15. The van der Waals surface area contributed by atoms with E-state index in [0.29, 0.717) is 0 Å². The Bertz CT molecular complexity index is 114. The van der Waals surface area contributed by atoms with E-state index in [4.69, 9.17) is 0 Å². The second-order valence-electron chi connectivity index (χ2n) is 1.17. The first kappa shape index (κ1) is 9.84. The molecular weight excluding hydrogens is 468 g/mol. The Morgan fingerprint density at radius 3 is 1.57 bits per heavy atom. The number of hydrogen-bond acceptors (Lipinski definition) is 0. The largest absolute Gasteiger partial charge is 0.0880 e. The smallest absolute Gasteiger partial charge is 0.00162 e. The van der Waals surface area contributed by atoms with Crippen LogP contribution in [0.3, 0.4) is 0 Å². The first-order valence-corrected chi connectivity index (χ1v) is 12.7. The Morgan fingerprint density at radius 2 is 1.57 bits per heavy atom. The molecule has 5 heteroatoms. The highest BCUT2D eigenvalue weighted by Gasteiger charge is 2.14. The van der Waals surface area contributed by atoms with Gasteiger partial charge in [-0.2, -0.15) is 0 Å². The van der Waals surface area contributed by atoms with Crippen molar-refractivity contribution >= 4 is 71.5 Å². The third-order valence-electron chi connectivity index (χ3n) is 0.472. The van der Waals surface area contributed by atoms with E-state index >= 15 is 0 Å².